The smallest absolute Gasteiger partial charge is 0.298 e. The van der Waals surface area contributed by atoms with Gasteiger partial charge in [-0.2, -0.15) is 0 Å². The molecule has 0 bridgehead atoms. The number of anilines is 1. The number of aromatic nitrogens is 1. The Morgan fingerprint density at radius 2 is 1.66 bits per heavy atom. The van der Waals surface area contributed by atoms with Gasteiger partial charge in [0.1, 0.15) is 11.4 Å². The van der Waals surface area contributed by atoms with Gasteiger partial charge in [-0.05, 0) is 30.2 Å². The highest BCUT2D eigenvalue weighted by atomic mass is 35.5. The second-order valence-corrected chi connectivity index (χ2v) is 11.4. The van der Waals surface area contributed by atoms with Gasteiger partial charge < -0.3 is 22.2 Å². The standard InChI is InChI=1S/C25H25N4O3PS.ClH/c1-2-32-22-13-14-23(24(17-22)29(30)31)27-33(28-25-26-15-16-34-25,18-20-9-5-3-6-10-20)19-21-11-7-4-8-12-21;/h3-17H,2,18-19H2,1H3,(H,26,28);1H/p-1. The first-order valence-corrected chi connectivity index (χ1v) is 13.8. The molecule has 0 aliphatic carbocycles. The first-order chi connectivity index (χ1) is 16.6. The molecular weight excluding hydrogens is 503 g/mol. The van der Waals surface area contributed by atoms with E-state index in [0.29, 0.717) is 30.4 Å². The van der Waals surface area contributed by atoms with Crippen LogP contribution in [0.4, 0.5) is 16.5 Å². The molecule has 0 aliphatic heterocycles. The second-order valence-electron chi connectivity index (χ2n) is 7.60. The molecule has 0 atom stereocenters. The summed E-state index contributed by atoms with van der Waals surface area (Å²) < 4.78 is 10.6. The molecule has 1 heterocycles. The first kappa shape index (κ1) is 26.4. The summed E-state index contributed by atoms with van der Waals surface area (Å²) in [6.45, 7) is 2.27. The number of nitrogens with zero attached hydrogens (tertiary/aromatic N) is 3. The van der Waals surface area contributed by atoms with E-state index < -0.39 is 12.1 Å². The van der Waals surface area contributed by atoms with E-state index in [2.05, 4.69) is 34.3 Å². The number of nitro groups is 1. The predicted molar refractivity (Wildman–Crippen MR) is 139 cm³/mol. The van der Waals surface area contributed by atoms with Crippen LogP contribution in [0.3, 0.4) is 0 Å². The summed E-state index contributed by atoms with van der Waals surface area (Å²) in [4.78, 5) is 16.0. The van der Waals surface area contributed by atoms with E-state index in [1.807, 2.05) is 48.7 Å². The van der Waals surface area contributed by atoms with Crippen LogP contribution in [0.15, 0.2) is 95.2 Å². The maximum absolute atomic E-state index is 12.0. The molecule has 0 radical (unpaired) electrons. The third-order valence-corrected chi connectivity index (χ3v) is 8.91. The third kappa shape index (κ3) is 7.15. The van der Waals surface area contributed by atoms with Gasteiger partial charge in [0.25, 0.3) is 5.69 Å². The van der Waals surface area contributed by atoms with Crippen LogP contribution in [0.25, 0.3) is 0 Å². The lowest BCUT2D eigenvalue weighted by molar-refractivity contribution is -0.384. The molecule has 0 spiro atoms. The minimum atomic E-state index is -2.47. The average molecular weight is 528 g/mol. The molecule has 182 valence electrons. The number of rotatable bonds is 10. The molecule has 35 heavy (non-hydrogen) atoms. The van der Waals surface area contributed by atoms with Gasteiger partial charge in [0.05, 0.1) is 24.8 Å². The van der Waals surface area contributed by atoms with E-state index in [0.717, 1.165) is 16.3 Å². The quantitative estimate of drug-likeness (QED) is 0.183. The number of thiazole rings is 1. The summed E-state index contributed by atoms with van der Waals surface area (Å²) >= 11 is 1.49. The minimum Gasteiger partial charge on any atom is -1.00 e. The van der Waals surface area contributed by atoms with Crippen molar-refractivity contribution < 1.29 is 22.1 Å². The Hall–Kier alpha value is -3.19. The fraction of sp³-hybridized carbons (Fsp3) is 0.160. The van der Waals surface area contributed by atoms with Crippen molar-refractivity contribution in [1.82, 2.24) is 4.98 Å². The van der Waals surface area contributed by atoms with Crippen molar-refractivity contribution in [3.8, 4) is 5.75 Å². The number of ether oxygens (including phenoxy) is 1. The Kier molecular flexibility index (Phi) is 9.43. The number of nitro benzene ring substituents is 1. The van der Waals surface area contributed by atoms with Crippen molar-refractivity contribution in [2.24, 2.45) is 4.74 Å². The normalized spacial score (nSPS) is 10.8. The van der Waals surface area contributed by atoms with E-state index in [1.165, 1.54) is 17.4 Å². The summed E-state index contributed by atoms with van der Waals surface area (Å²) in [5.74, 6) is 0.455. The second kappa shape index (κ2) is 12.5. The highest BCUT2D eigenvalue weighted by Gasteiger charge is 2.25. The summed E-state index contributed by atoms with van der Waals surface area (Å²) in [5.41, 5.74) is 2.47. The van der Waals surface area contributed by atoms with E-state index in [-0.39, 0.29) is 18.1 Å². The molecule has 3 aromatic carbocycles. The van der Waals surface area contributed by atoms with E-state index in [9.17, 15) is 10.1 Å². The van der Waals surface area contributed by atoms with Gasteiger partial charge in [-0.3, -0.25) is 10.1 Å². The van der Waals surface area contributed by atoms with Crippen molar-refractivity contribution in [3.05, 3.63) is 112 Å². The summed E-state index contributed by atoms with van der Waals surface area (Å²) in [6, 6.07) is 25.0. The van der Waals surface area contributed by atoms with Gasteiger partial charge >= 0.3 is 0 Å². The monoisotopic (exact) mass is 527 g/mol. The lowest BCUT2D eigenvalue weighted by Gasteiger charge is -2.26. The van der Waals surface area contributed by atoms with Crippen LogP contribution in [-0.4, -0.2) is 16.5 Å². The van der Waals surface area contributed by atoms with Crippen LogP contribution in [0.2, 0.25) is 0 Å². The first-order valence-electron chi connectivity index (χ1n) is 10.8. The van der Waals surface area contributed by atoms with E-state index in [1.54, 1.807) is 18.3 Å². The molecule has 0 saturated heterocycles. The SMILES string of the molecule is CCOc1ccc(N=P(Cc2ccccc2)(Cc2ccccc2)Nc2nccs2)c([N+](=O)[O-])c1.[Cl-]. The average Bonchev–Trinajstić information content (AvgIpc) is 3.34. The molecule has 0 fully saturated rings. The molecular formula is C25H25ClN4O3PS-. The maximum atomic E-state index is 12.0. The van der Waals surface area contributed by atoms with Crippen molar-refractivity contribution >= 4 is 35.0 Å². The molecule has 10 heteroatoms. The Balaban J connectivity index is 0.00000342. The number of hydrogen-bond donors (Lipinski definition) is 1. The lowest BCUT2D eigenvalue weighted by Crippen LogP contribution is -3.00. The molecule has 7 nitrogen and oxygen atoms in total. The fourth-order valence-corrected chi connectivity index (χ4v) is 7.83. The Morgan fingerprint density at radius 3 is 2.17 bits per heavy atom. The topological polar surface area (TPSA) is 89.7 Å². The molecule has 4 aromatic rings. The number of nitrogens with one attached hydrogen (secondary N) is 1. The largest absolute Gasteiger partial charge is 1.00 e. The zero-order chi connectivity index (χ0) is 23.8. The van der Waals surface area contributed by atoms with Gasteiger partial charge in [-0.1, -0.05) is 60.7 Å². The highest BCUT2D eigenvalue weighted by Crippen LogP contribution is 2.58. The molecule has 0 amide bonds. The van der Waals surface area contributed by atoms with Gasteiger partial charge in [-0.25, -0.2) is 9.73 Å². The molecule has 0 unspecified atom stereocenters. The predicted octanol–water partition coefficient (Wildman–Crippen LogP) is 4.71. The van der Waals surface area contributed by atoms with Crippen LogP contribution >= 0.6 is 18.5 Å². The van der Waals surface area contributed by atoms with Crippen molar-refractivity contribution in [2.45, 2.75) is 19.2 Å². The number of halogens is 1. The van der Waals surface area contributed by atoms with Crippen LogP contribution in [0.5, 0.6) is 5.75 Å². The summed E-state index contributed by atoms with van der Waals surface area (Å²) in [6.07, 6.45) is 2.98. The zero-order valence-electron chi connectivity index (χ0n) is 19.1. The molecule has 4 rings (SSSR count). The molecule has 1 aromatic heterocycles. The number of hydrogen-bond acceptors (Lipinski definition) is 6. The Labute approximate surface area is 214 Å². The summed E-state index contributed by atoms with van der Waals surface area (Å²) in [5, 5.41) is 18.2. The van der Waals surface area contributed by atoms with Crippen LogP contribution < -0.4 is 22.2 Å². The summed E-state index contributed by atoms with van der Waals surface area (Å²) in [7, 11) is -2.47. The lowest BCUT2D eigenvalue weighted by atomic mass is 10.2. The number of benzene rings is 3. The van der Waals surface area contributed by atoms with Crippen molar-refractivity contribution in [2.75, 3.05) is 11.7 Å². The molecule has 0 saturated carbocycles. The van der Waals surface area contributed by atoms with Crippen LogP contribution in [-0.2, 0) is 12.3 Å². The van der Waals surface area contributed by atoms with Gasteiger partial charge in [0, 0.05) is 23.9 Å². The van der Waals surface area contributed by atoms with Crippen molar-refractivity contribution in [1.29, 1.82) is 0 Å². The zero-order valence-corrected chi connectivity index (χ0v) is 21.5. The van der Waals surface area contributed by atoms with E-state index >= 15 is 0 Å². The highest BCUT2D eigenvalue weighted by molar-refractivity contribution is 7.66. The van der Waals surface area contributed by atoms with E-state index in [4.69, 9.17) is 9.48 Å². The van der Waals surface area contributed by atoms with Crippen LogP contribution in [0, 0.1) is 10.1 Å². The fourth-order valence-electron chi connectivity index (χ4n) is 3.65. The van der Waals surface area contributed by atoms with Crippen LogP contribution in [0.1, 0.15) is 18.1 Å². The Morgan fingerprint density at radius 1 is 1.03 bits per heavy atom. The van der Waals surface area contributed by atoms with Crippen molar-refractivity contribution in [3.63, 3.8) is 0 Å². The minimum absolute atomic E-state index is 0. The molecule has 1 N–H and O–H groups in total. The van der Waals surface area contributed by atoms with Gasteiger partial charge in [-0.15, -0.1) is 11.3 Å². The maximum Gasteiger partial charge on any atom is 0.298 e. The molecule has 0 aliphatic rings. The Bertz CT molecular complexity index is 1240. The third-order valence-electron chi connectivity index (χ3n) is 5.06. The van der Waals surface area contributed by atoms with Gasteiger partial charge in [0.2, 0.25) is 0 Å². The van der Waals surface area contributed by atoms with Gasteiger partial charge in [0.15, 0.2) is 5.13 Å².